The molecule has 1 N–H and O–H groups in total. The van der Waals surface area contributed by atoms with Gasteiger partial charge in [0, 0.05) is 20.3 Å². The summed E-state index contributed by atoms with van der Waals surface area (Å²) >= 11 is 6.03. The summed E-state index contributed by atoms with van der Waals surface area (Å²) in [5.41, 5.74) is -2.61. The second-order valence-electron chi connectivity index (χ2n) is 5.98. The molecular formula is C17H16ClN5O4. The molecule has 0 saturated carbocycles. The van der Waals surface area contributed by atoms with Gasteiger partial charge in [-0.3, -0.25) is 19.1 Å². The molecule has 1 unspecified atom stereocenters. The number of benzene rings is 1. The van der Waals surface area contributed by atoms with E-state index in [0.29, 0.717) is 5.69 Å². The van der Waals surface area contributed by atoms with Gasteiger partial charge in [-0.15, -0.1) is 11.6 Å². The van der Waals surface area contributed by atoms with Gasteiger partial charge in [0.25, 0.3) is 11.0 Å². The van der Waals surface area contributed by atoms with E-state index in [1.807, 2.05) is 0 Å². The molecule has 0 aliphatic carbocycles. The largest absolute Gasteiger partial charge is 0.351 e. The van der Waals surface area contributed by atoms with E-state index in [0.717, 1.165) is 19.5 Å². The number of rotatable bonds is 3. The van der Waals surface area contributed by atoms with Crippen LogP contribution in [-0.4, -0.2) is 24.1 Å². The van der Waals surface area contributed by atoms with Crippen molar-refractivity contribution >= 4 is 11.6 Å². The van der Waals surface area contributed by atoms with Crippen LogP contribution in [0.2, 0.25) is 0 Å². The molecule has 0 aliphatic rings. The smallest absolute Gasteiger partial charge is 0.302 e. The molecule has 3 rings (SSSR count). The monoisotopic (exact) mass is 389 g/mol. The van der Waals surface area contributed by atoms with E-state index in [4.69, 9.17) is 11.6 Å². The van der Waals surface area contributed by atoms with Crippen molar-refractivity contribution < 1.29 is 0 Å². The highest BCUT2D eigenvalue weighted by Gasteiger charge is 2.19. The maximum Gasteiger partial charge on any atom is 0.351 e. The Morgan fingerprint density at radius 3 is 2.26 bits per heavy atom. The number of alkyl halides is 1. The minimum atomic E-state index is -0.891. The quantitative estimate of drug-likeness (QED) is 0.511. The Labute approximate surface area is 157 Å². The highest BCUT2D eigenvalue weighted by atomic mass is 35.5. The Bertz CT molecular complexity index is 1250. The van der Waals surface area contributed by atoms with Gasteiger partial charge in [-0.05, 0) is 24.6 Å². The van der Waals surface area contributed by atoms with E-state index < -0.39 is 22.2 Å². The van der Waals surface area contributed by atoms with Gasteiger partial charge in [0.2, 0.25) is 0 Å². The fraction of sp³-hybridized carbons (Fsp3) is 0.235. The van der Waals surface area contributed by atoms with Crippen molar-refractivity contribution in [3.05, 3.63) is 77.4 Å². The molecule has 27 heavy (non-hydrogen) atoms. The summed E-state index contributed by atoms with van der Waals surface area (Å²) in [5.74, 6) is 0. The molecule has 0 radical (unpaired) electrons. The van der Waals surface area contributed by atoms with Crippen LogP contribution in [0, 0.1) is 0 Å². The van der Waals surface area contributed by atoms with E-state index in [2.05, 4.69) is 10.2 Å². The summed E-state index contributed by atoms with van der Waals surface area (Å²) in [6.45, 7) is 1.80. The highest BCUT2D eigenvalue weighted by Crippen LogP contribution is 2.20. The average molecular weight is 390 g/mol. The van der Waals surface area contributed by atoms with Crippen LogP contribution >= 0.6 is 11.6 Å². The second-order valence-corrected chi connectivity index (χ2v) is 6.64. The van der Waals surface area contributed by atoms with Crippen LogP contribution in [0.5, 0.6) is 0 Å². The van der Waals surface area contributed by atoms with Crippen molar-refractivity contribution in [2.75, 3.05) is 0 Å². The van der Waals surface area contributed by atoms with Gasteiger partial charge in [0.15, 0.2) is 5.69 Å². The lowest BCUT2D eigenvalue weighted by Crippen LogP contribution is -2.42. The molecule has 0 aliphatic heterocycles. The second kappa shape index (κ2) is 6.84. The van der Waals surface area contributed by atoms with Crippen molar-refractivity contribution in [2.24, 2.45) is 14.1 Å². The average Bonchev–Trinajstić information content (AvgIpc) is 2.64. The zero-order chi connectivity index (χ0) is 19.9. The number of aromatic amines is 1. The first kappa shape index (κ1) is 18.6. The van der Waals surface area contributed by atoms with Crippen LogP contribution in [0.25, 0.3) is 16.9 Å². The molecule has 0 saturated heterocycles. The molecule has 2 aromatic heterocycles. The first-order chi connectivity index (χ1) is 12.7. The third kappa shape index (κ3) is 3.17. The maximum absolute atomic E-state index is 12.9. The van der Waals surface area contributed by atoms with E-state index in [9.17, 15) is 19.2 Å². The fourth-order valence-electron chi connectivity index (χ4n) is 2.59. The van der Waals surface area contributed by atoms with Gasteiger partial charge in [-0.25, -0.2) is 14.0 Å². The molecule has 2 heterocycles. The van der Waals surface area contributed by atoms with Crippen LogP contribution in [0.3, 0.4) is 0 Å². The van der Waals surface area contributed by atoms with Gasteiger partial charge in [-0.2, -0.15) is 5.10 Å². The zero-order valence-electron chi connectivity index (χ0n) is 14.8. The van der Waals surface area contributed by atoms with Gasteiger partial charge >= 0.3 is 11.2 Å². The number of aromatic nitrogens is 5. The van der Waals surface area contributed by atoms with Gasteiger partial charge < -0.3 is 5.10 Å². The van der Waals surface area contributed by atoms with Crippen molar-refractivity contribution in [2.45, 2.75) is 12.3 Å². The van der Waals surface area contributed by atoms with Crippen LogP contribution < -0.4 is 22.2 Å². The highest BCUT2D eigenvalue weighted by molar-refractivity contribution is 6.20. The molecule has 0 amide bonds. The summed E-state index contributed by atoms with van der Waals surface area (Å²) in [7, 11) is 2.73. The molecule has 1 aromatic carbocycles. The lowest BCUT2D eigenvalue weighted by Gasteiger charge is -2.10. The van der Waals surface area contributed by atoms with Gasteiger partial charge in [0.05, 0.1) is 16.6 Å². The number of H-pyrrole nitrogens is 1. The number of aryl methyl sites for hydroxylation is 2. The first-order valence-corrected chi connectivity index (χ1v) is 8.40. The summed E-state index contributed by atoms with van der Waals surface area (Å²) < 4.78 is 2.81. The third-order valence-electron chi connectivity index (χ3n) is 4.14. The standard InChI is InChI=1S/C17H16ClN5O4/c1-9(18)10-4-6-11(7-5-10)23-15(25)13(20-22(3)17(23)27)12-8-19-21(2)16(26)14(12)24/h4-9,19H,1-3H3. The topological polar surface area (TPSA) is 112 Å². The number of nitrogens with one attached hydrogen (secondary N) is 1. The van der Waals surface area contributed by atoms with E-state index in [1.165, 1.54) is 20.3 Å². The van der Waals surface area contributed by atoms with E-state index in [-0.39, 0.29) is 16.6 Å². The SMILES string of the molecule is CC(Cl)c1ccc(-n2c(=O)c(-c3c[nH]n(C)c(=O)c3=O)nn(C)c2=O)cc1. The number of hydrogen-bond acceptors (Lipinski definition) is 5. The number of nitrogens with zero attached hydrogens (tertiary/aromatic N) is 4. The minimum absolute atomic E-state index is 0.210. The predicted molar refractivity (Wildman–Crippen MR) is 101 cm³/mol. The minimum Gasteiger partial charge on any atom is -0.302 e. The van der Waals surface area contributed by atoms with Crippen molar-refractivity contribution in [1.29, 1.82) is 0 Å². The third-order valence-corrected chi connectivity index (χ3v) is 4.39. The molecular weight excluding hydrogens is 374 g/mol. The normalized spacial score (nSPS) is 12.1. The Kier molecular flexibility index (Phi) is 4.71. The summed E-state index contributed by atoms with van der Waals surface area (Å²) in [5, 5.41) is 6.22. The van der Waals surface area contributed by atoms with Crippen molar-refractivity contribution in [3.8, 4) is 16.9 Å². The van der Waals surface area contributed by atoms with E-state index >= 15 is 0 Å². The molecule has 0 spiro atoms. The molecule has 0 fully saturated rings. The Balaban J connectivity index is 2.31. The lowest BCUT2D eigenvalue weighted by molar-refractivity contribution is 0.634. The van der Waals surface area contributed by atoms with Crippen LogP contribution in [-0.2, 0) is 14.1 Å². The van der Waals surface area contributed by atoms with Gasteiger partial charge in [0.1, 0.15) is 0 Å². The summed E-state index contributed by atoms with van der Waals surface area (Å²) in [6.07, 6.45) is 1.21. The first-order valence-electron chi connectivity index (χ1n) is 7.96. The molecule has 9 nitrogen and oxygen atoms in total. The predicted octanol–water partition coefficient (Wildman–Crippen LogP) is 0.285. The van der Waals surface area contributed by atoms with Crippen LogP contribution in [0.1, 0.15) is 17.9 Å². The summed E-state index contributed by atoms with van der Waals surface area (Å²) in [4.78, 5) is 49.5. The zero-order valence-corrected chi connectivity index (χ0v) is 15.5. The molecule has 10 heteroatoms. The molecule has 3 aromatic rings. The van der Waals surface area contributed by atoms with E-state index in [1.54, 1.807) is 31.2 Å². The maximum atomic E-state index is 12.9. The van der Waals surface area contributed by atoms with Crippen LogP contribution in [0.4, 0.5) is 0 Å². The Morgan fingerprint density at radius 2 is 1.67 bits per heavy atom. The van der Waals surface area contributed by atoms with Gasteiger partial charge in [-0.1, -0.05) is 12.1 Å². The van der Waals surface area contributed by atoms with Crippen molar-refractivity contribution in [3.63, 3.8) is 0 Å². The molecule has 1 atom stereocenters. The number of hydrogen-bond donors (Lipinski definition) is 1. The number of halogens is 1. The molecule has 0 bridgehead atoms. The van der Waals surface area contributed by atoms with Crippen molar-refractivity contribution in [1.82, 2.24) is 24.1 Å². The van der Waals surface area contributed by atoms with Crippen LogP contribution in [0.15, 0.2) is 49.6 Å². The summed E-state index contributed by atoms with van der Waals surface area (Å²) in [6, 6.07) is 6.55. The lowest BCUT2D eigenvalue weighted by atomic mass is 10.1. The Morgan fingerprint density at radius 1 is 1.04 bits per heavy atom. The fourth-order valence-corrected chi connectivity index (χ4v) is 2.73. The Hall–Kier alpha value is -3.20. The molecule has 140 valence electrons.